The molecule has 4 rings (SSSR count). The summed E-state index contributed by atoms with van der Waals surface area (Å²) in [5, 5.41) is 10.9. The van der Waals surface area contributed by atoms with E-state index in [-0.39, 0.29) is 6.61 Å². The van der Waals surface area contributed by atoms with Crippen molar-refractivity contribution in [3.05, 3.63) is 108 Å². The summed E-state index contributed by atoms with van der Waals surface area (Å²) in [7, 11) is 0. The van der Waals surface area contributed by atoms with Crippen LogP contribution in [0.1, 0.15) is 0 Å². The molecular weight excluding hydrogens is 410 g/mol. The molecule has 0 saturated heterocycles. The number of halogens is 1. The molecule has 0 fully saturated rings. The molecule has 3 aromatic carbocycles. The maximum absolute atomic E-state index is 10.3. The average molecular weight is 433 g/mol. The lowest BCUT2D eigenvalue weighted by atomic mass is 10.1. The molecule has 156 valence electrons. The number of rotatable bonds is 8. The van der Waals surface area contributed by atoms with Crippen LogP contribution in [0.15, 0.2) is 103 Å². The van der Waals surface area contributed by atoms with Crippen LogP contribution >= 0.6 is 11.6 Å². The molecule has 31 heavy (non-hydrogen) atoms. The Morgan fingerprint density at radius 2 is 1.35 bits per heavy atom. The molecule has 1 atom stereocenters. The van der Waals surface area contributed by atoms with E-state index in [1.54, 1.807) is 18.2 Å². The van der Waals surface area contributed by atoms with Gasteiger partial charge in [-0.25, -0.2) is 4.57 Å². The summed E-state index contributed by atoms with van der Waals surface area (Å²) in [6, 6.07) is 28.8. The van der Waals surface area contributed by atoms with Crippen LogP contribution in [0.25, 0.3) is 11.1 Å². The minimum Gasteiger partial charge on any atom is -0.491 e. The fraction of sp³-hybridized carbons (Fsp3) is 0.115. The van der Waals surface area contributed by atoms with Gasteiger partial charge in [0, 0.05) is 12.1 Å². The summed E-state index contributed by atoms with van der Waals surface area (Å²) in [4.78, 5) is 0. The van der Waals surface area contributed by atoms with Gasteiger partial charge < -0.3 is 14.6 Å². The lowest BCUT2D eigenvalue weighted by Gasteiger charge is -2.11. The van der Waals surface area contributed by atoms with E-state index >= 15 is 0 Å². The molecule has 5 heteroatoms. The van der Waals surface area contributed by atoms with Crippen LogP contribution in [-0.4, -0.2) is 17.8 Å². The van der Waals surface area contributed by atoms with Crippen molar-refractivity contribution in [1.29, 1.82) is 0 Å². The number of pyridine rings is 1. The van der Waals surface area contributed by atoms with E-state index in [0.717, 1.165) is 5.56 Å². The number of aliphatic hydroxyl groups is 1. The number of ether oxygens (including phenoxy) is 2. The van der Waals surface area contributed by atoms with Crippen molar-refractivity contribution in [3.8, 4) is 28.4 Å². The summed E-state index contributed by atoms with van der Waals surface area (Å²) in [6.07, 6.45) is 3.30. The summed E-state index contributed by atoms with van der Waals surface area (Å²) >= 11 is 6.12. The highest BCUT2D eigenvalue weighted by Gasteiger charge is 2.12. The van der Waals surface area contributed by atoms with Gasteiger partial charge >= 0.3 is 0 Å². The van der Waals surface area contributed by atoms with E-state index < -0.39 is 6.10 Å². The third-order valence-corrected chi connectivity index (χ3v) is 5.06. The molecule has 1 aromatic heterocycles. The molecule has 0 aliphatic heterocycles. The van der Waals surface area contributed by atoms with Gasteiger partial charge in [-0.2, -0.15) is 0 Å². The zero-order chi connectivity index (χ0) is 21.5. The zero-order valence-corrected chi connectivity index (χ0v) is 17.7. The standard InChI is InChI=1S/C26H23ClNO3/c27-25-8-4-5-9-26(25)31-24-12-10-23(11-13-24)30-19-22(29)18-28-16-14-21(15-17-28)20-6-2-1-3-7-20/h1-17,22,29H,18-19H2/q+1. The van der Waals surface area contributed by atoms with E-state index in [0.29, 0.717) is 28.8 Å². The van der Waals surface area contributed by atoms with E-state index in [9.17, 15) is 5.11 Å². The van der Waals surface area contributed by atoms with Gasteiger partial charge in [-0.05, 0) is 47.5 Å². The maximum atomic E-state index is 10.3. The summed E-state index contributed by atoms with van der Waals surface area (Å²) in [6.45, 7) is 0.640. The summed E-state index contributed by atoms with van der Waals surface area (Å²) in [5.74, 6) is 1.92. The SMILES string of the molecule is OC(COc1ccc(Oc2ccccc2Cl)cc1)C[n+]1ccc(-c2ccccc2)cc1. The largest absolute Gasteiger partial charge is 0.491 e. The Labute approximate surface area is 186 Å². The third kappa shape index (κ3) is 5.85. The van der Waals surface area contributed by atoms with Crippen LogP contribution in [-0.2, 0) is 6.54 Å². The molecule has 0 aliphatic carbocycles. The van der Waals surface area contributed by atoms with Crippen molar-refractivity contribution in [2.45, 2.75) is 12.6 Å². The average Bonchev–Trinajstić information content (AvgIpc) is 2.81. The molecule has 0 saturated carbocycles. The van der Waals surface area contributed by atoms with Gasteiger partial charge in [0.05, 0.1) is 5.02 Å². The maximum Gasteiger partial charge on any atom is 0.177 e. The Hall–Kier alpha value is -3.34. The van der Waals surface area contributed by atoms with Crippen LogP contribution in [0.2, 0.25) is 5.02 Å². The molecule has 0 amide bonds. The minimum atomic E-state index is -0.633. The molecule has 0 radical (unpaired) electrons. The number of aromatic nitrogens is 1. The van der Waals surface area contributed by atoms with Gasteiger partial charge in [-0.3, -0.25) is 0 Å². The topological polar surface area (TPSA) is 42.6 Å². The molecule has 4 aromatic rings. The molecule has 0 spiro atoms. The number of aliphatic hydroxyl groups excluding tert-OH is 1. The quantitative estimate of drug-likeness (QED) is 0.372. The first-order valence-corrected chi connectivity index (χ1v) is 10.4. The molecule has 1 unspecified atom stereocenters. The first kappa shape index (κ1) is 20.9. The van der Waals surface area contributed by atoms with Crippen molar-refractivity contribution in [3.63, 3.8) is 0 Å². The van der Waals surface area contributed by atoms with Crippen LogP contribution in [0.4, 0.5) is 0 Å². The lowest BCUT2D eigenvalue weighted by molar-refractivity contribution is -0.703. The summed E-state index contributed by atoms with van der Waals surface area (Å²) < 4.78 is 13.4. The van der Waals surface area contributed by atoms with Gasteiger partial charge in [0.1, 0.15) is 30.0 Å². The van der Waals surface area contributed by atoms with E-state index in [1.807, 2.05) is 77.6 Å². The lowest BCUT2D eigenvalue weighted by Crippen LogP contribution is -2.41. The van der Waals surface area contributed by atoms with Gasteiger partial charge in [0.15, 0.2) is 18.9 Å². The van der Waals surface area contributed by atoms with E-state index in [1.165, 1.54) is 5.56 Å². The first-order valence-electron chi connectivity index (χ1n) is 10.1. The molecule has 1 heterocycles. The third-order valence-electron chi connectivity index (χ3n) is 4.75. The van der Waals surface area contributed by atoms with Gasteiger partial charge in [-0.15, -0.1) is 0 Å². The fourth-order valence-corrected chi connectivity index (χ4v) is 3.32. The van der Waals surface area contributed by atoms with Crippen molar-refractivity contribution >= 4 is 11.6 Å². The van der Waals surface area contributed by atoms with E-state index in [2.05, 4.69) is 12.1 Å². The molecular formula is C26H23ClNO3+. The van der Waals surface area contributed by atoms with Crippen molar-refractivity contribution in [2.24, 2.45) is 0 Å². The summed E-state index contributed by atoms with van der Waals surface area (Å²) in [5.41, 5.74) is 2.31. The number of hydrogen-bond donors (Lipinski definition) is 1. The second-order valence-corrected chi connectivity index (χ2v) is 7.53. The molecule has 4 nitrogen and oxygen atoms in total. The second kappa shape index (κ2) is 10.1. The Bertz CT molecular complexity index is 1100. The predicted octanol–water partition coefficient (Wildman–Crippen LogP) is 5.53. The Kier molecular flexibility index (Phi) is 6.82. The fourth-order valence-electron chi connectivity index (χ4n) is 3.15. The van der Waals surface area contributed by atoms with Crippen LogP contribution < -0.4 is 14.0 Å². The van der Waals surface area contributed by atoms with Crippen LogP contribution in [0.3, 0.4) is 0 Å². The molecule has 1 N–H and O–H groups in total. The first-order chi connectivity index (χ1) is 15.2. The monoisotopic (exact) mass is 432 g/mol. The van der Waals surface area contributed by atoms with Crippen LogP contribution in [0.5, 0.6) is 17.2 Å². The normalized spacial score (nSPS) is 11.7. The Morgan fingerprint density at radius 3 is 2.06 bits per heavy atom. The number of hydrogen-bond acceptors (Lipinski definition) is 3. The van der Waals surface area contributed by atoms with Gasteiger partial charge in [-0.1, -0.05) is 54.1 Å². The molecule has 0 bridgehead atoms. The van der Waals surface area contributed by atoms with Crippen molar-refractivity contribution < 1.29 is 19.1 Å². The van der Waals surface area contributed by atoms with Gasteiger partial charge in [0.25, 0.3) is 0 Å². The zero-order valence-electron chi connectivity index (χ0n) is 16.9. The number of nitrogens with zero attached hydrogens (tertiary/aromatic N) is 1. The second-order valence-electron chi connectivity index (χ2n) is 7.12. The van der Waals surface area contributed by atoms with E-state index in [4.69, 9.17) is 21.1 Å². The van der Waals surface area contributed by atoms with Crippen molar-refractivity contribution in [2.75, 3.05) is 6.61 Å². The van der Waals surface area contributed by atoms with Gasteiger partial charge in [0.2, 0.25) is 0 Å². The molecule has 0 aliphatic rings. The van der Waals surface area contributed by atoms with Crippen molar-refractivity contribution in [1.82, 2.24) is 0 Å². The minimum absolute atomic E-state index is 0.193. The highest BCUT2D eigenvalue weighted by Crippen LogP contribution is 2.29. The predicted molar refractivity (Wildman–Crippen MR) is 122 cm³/mol. The smallest absolute Gasteiger partial charge is 0.177 e. The number of para-hydroxylation sites is 1. The highest BCUT2D eigenvalue weighted by atomic mass is 35.5. The Morgan fingerprint density at radius 1 is 0.742 bits per heavy atom. The Balaban J connectivity index is 1.27. The number of benzene rings is 3. The highest BCUT2D eigenvalue weighted by molar-refractivity contribution is 6.32. The van der Waals surface area contributed by atoms with Crippen LogP contribution in [0, 0.1) is 0 Å².